The molecule has 1 aliphatic heterocycles. The van der Waals surface area contributed by atoms with Crippen molar-refractivity contribution in [3.8, 4) is 0 Å². The second kappa shape index (κ2) is 7.77. The molecule has 0 saturated carbocycles. The van der Waals surface area contributed by atoms with Gasteiger partial charge in [0.25, 0.3) is 0 Å². The molecule has 5 nitrogen and oxygen atoms in total. The molecule has 0 aromatic heterocycles. The van der Waals surface area contributed by atoms with Crippen LogP contribution < -0.4 is 10.6 Å². The largest absolute Gasteiger partial charge is 0.383 e. The number of benzene rings is 1. The molecule has 1 fully saturated rings. The van der Waals surface area contributed by atoms with Crippen LogP contribution in [0.2, 0.25) is 0 Å². The Morgan fingerprint density at radius 2 is 1.90 bits per heavy atom. The average Bonchev–Trinajstić information content (AvgIpc) is 2.53. The lowest BCUT2D eigenvalue weighted by atomic mass is 10.2. The van der Waals surface area contributed by atoms with Gasteiger partial charge < -0.3 is 15.4 Å². The molecule has 0 unspecified atom stereocenters. The maximum Gasteiger partial charge on any atom is 0.181 e. The molecule has 0 aliphatic carbocycles. The Labute approximate surface area is 127 Å². The number of sulfone groups is 1. The minimum atomic E-state index is -3.20. The third-order valence-corrected chi connectivity index (χ3v) is 5.97. The Kier molecular flexibility index (Phi) is 6.02. The van der Waals surface area contributed by atoms with Gasteiger partial charge in [-0.05, 0) is 57.1 Å². The number of ether oxygens (including phenoxy) is 1. The second-order valence-corrected chi connectivity index (χ2v) is 7.37. The summed E-state index contributed by atoms with van der Waals surface area (Å²) in [4.78, 5) is 0.421. The van der Waals surface area contributed by atoms with Gasteiger partial charge in [0.1, 0.15) is 0 Å². The monoisotopic (exact) mass is 312 g/mol. The Morgan fingerprint density at radius 3 is 2.52 bits per heavy atom. The van der Waals surface area contributed by atoms with Gasteiger partial charge in [0.05, 0.1) is 16.8 Å². The molecule has 1 heterocycles. The van der Waals surface area contributed by atoms with Gasteiger partial charge in [-0.3, -0.25) is 0 Å². The number of nitrogens with one attached hydrogen (secondary N) is 2. The Bertz CT molecular complexity index is 522. The molecule has 2 N–H and O–H groups in total. The van der Waals surface area contributed by atoms with Crippen molar-refractivity contribution in [1.82, 2.24) is 5.32 Å². The highest BCUT2D eigenvalue weighted by Gasteiger charge is 2.28. The van der Waals surface area contributed by atoms with Crippen molar-refractivity contribution < 1.29 is 13.2 Å². The van der Waals surface area contributed by atoms with Gasteiger partial charge in [0.2, 0.25) is 0 Å². The third-order valence-electron chi connectivity index (χ3n) is 3.69. The molecule has 21 heavy (non-hydrogen) atoms. The van der Waals surface area contributed by atoms with E-state index in [2.05, 4.69) is 10.6 Å². The summed E-state index contributed by atoms with van der Waals surface area (Å²) in [7, 11) is -3.20. The van der Waals surface area contributed by atoms with Crippen LogP contribution >= 0.6 is 0 Å². The van der Waals surface area contributed by atoms with E-state index >= 15 is 0 Å². The lowest BCUT2D eigenvalue weighted by Crippen LogP contribution is -2.35. The molecule has 0 radical (unpaired) electrons. The predicted octanol–water partition coefficient (Wildman–Crippen LogP) is 1.66. The fraction of sp³-hybridized carbons (Fsp3) is 0.600. The normalized spacial score (nSPS) is 16.8. The minimum absolute atomic E-state index is 0.254. The van der Waals surface area contributed by atoms with Gasteiger partial charge in [-0.25, -0.2) is 8.42 Å². The van der Waals surface area contributed by atoms with Crippen LogP contribution in [0.25, 0.3) is 0 Å². The quantitative estimate of drug-likeness (QED) is 0.750. The summed E-state index contributed by atoms with van der Waals surface area (Å²) >= 11 is 0. The zero-order valence-electron chi connectivity index (χ0n) is 12.5. The summed E-state index contributed by atoms with van der Waals surface area (Å²) in [6.45, 7) is 5.58. The molecule has 0 bridgehead atoms. The first-order valence-corrected chi connectivity index (χ1v) is 9.05. The van der Waals surface area contributed by atoms with E-state index in [9.17, 15) is 8.42 Å². The van der Waals surface area contributed by atoms with E-state index in [-0.39, 0.29) is 5.25 Å². The molecule has 1 aromatic rings. The van der Waals surface area contributed by atoms with Crippen molar-refractivity contribution in [3.05, 3.63) is 24.3 Å². The zero-order chi connectivity index (χ0) is 15.1. The van der Waals surface area contributed by atoms with Crippen LogP contribution in [-0.2, 0) is 14.6 Å². The van der Waals surface area contributed by atoms with Crippen LogP contribution in [-0.4, -0.2) is 46.5 Å². The highest BCUT2D eigenvalue weighted by Crippen LogP contribution is 2.23. The SMILES string of the molecule is CCOCCNc1ccc(S(=O)(=O)C2CCNCC2)cc1. The molecule has 1 saturated heterocycles. The van der Waals surface area contributed by atoms with Crippen LogP contribution in [0.3, 0.4) is 0 Å². The maximum absolute atomic E-state index is 12.5. The summed E-state index contributed by atoms with van der Waals surface area (Å²) in [6.07, 6.45) is 1.38. The molecule has 1 aliphatic rings. The Morgan fingerprint density at radius 1 is 1.24 bits per heavy atom. The Hall–Kier alpha value is -1.11. The zero-order valence-corrected chi connectivity index (χ0v) is 13.3. The Balaban J connectivity index is 1.97. The van der Waals surface area contributed by atoms with Crippen molar-refractivity contribution in [2.24, 2.45) is 0 Å². The van der Waals surface area contributed by atoms with E-state index in [0.29, 0.717) is 37.5 Å². The number of rotatable bonds is 7. The maximum atomic E-state index is 12.5. The van der Waals surface area contributed by atoms with E-state index in [1.807, 2.05) is 19.1 Å². The number of hydrogen-bond acceptors (Lipinski definition) is 5. The standard InChI is InChI=1S/C15H24N2O3S/c1-2-20-12-11-17-13-3-5-14(6-4-13)21(18,19)15-7-9-16-10-8-15/h3-6,15-17H,2,7-12H2,1H3. The lowest BCUT2D eigenvalue weighted by Gasteiger charge is -2.22. The summed E-state index contributed by atoms with van der Waals surface area (Å²) in [5.41, 5.74) is 0.916. The first kappa shape index (κ1) is 16.3. The van der Waals surface area contributed by atoms with Crippen LogP contribution in [0.5, 0.6) is 0 Å². The summed E-state index contributed by atoms with van der Waals surface area (Å²) in [5.74, 6) is 0. The van der Waals surface area contributed by atoms with Gasteiger partial charge in [-0.2, -0.15) is 0 Å². The molecule has 0 amide bonds. The fourth-order valence-electron chi connectivity index (χ4n) is 2.47. The molecular weight excluding hydrogens is 288 g/mol. The molecule has 1 aromatic carbocycles. The van der Waals surface area contributed by atoms with Crippen molar-refractivity contribution >= 4 is 15.5 Å². The molecule has 6 heteroatoms. The third kappa shape index (κ3) is 4.43. The first-order valence-electron chi connectivity index (χ1n) is 7.51. The van der Waals surface area contributed by atoms with Crippen molar-refractivity contribution in [1.29, 1.82) is 0 Å². The van der Waals surface area contributed by atoms with Gasteiger partial charge in [0.15, 0.2) is 9.84 Å². The molecule has 0 spiro atoms. The number of hydrogen-bond donors (Lipinski definition) is 2. The summed E-state index contributed by atoms with van der Waals surface area (Å²) in [5, 5.41) is 6.15. The van der Waals surface area contributed by atoms with Gasteiger partial charge in [0, 0.05) is 18.8 Å². The minimum Gasteiger partial charge on any atom is -0.383 e. The van der Waals surface area contributed by atoms with Crippen LogP contribution in [0.4, 0.5) is 5.69 Å². The predicted molar refractivity (Wildman–Crippen MR) is 84.5 cm³/mol. The molecule has 2 rings (SSSR count). The topological polar surface area (TPSA) is 67.4 Å². The van der Waals surface area contributed by atoms with E-state index in [4.69, 9.17) is 4.74 Å². The van der Waals surface area contributed by atoms with Crippen molar-refractivity contribution in [2.45, 2.75) is 29.9 Å². The highest BCUT2D eigenvalue weighted by molar-refractivity contribution is 7.92. The highest BCUT2D eigenvalue weighted by atomic mass is 32.2. The summed E-state index contributed by atoms with van der Waals surface area (Å²) in [6, 6.07) is 7.03. The van der Waals surface area contributed by atoms with Gasteiger partial charge in [-0.1, -0.05) is 0 Å². The van der Waals surface area contributed by atoms with E-state index < -0.39 is 9.84 Å². The van der Waals surface area contributed by atoms with Gasteiger partial charge >= 0.3 is 0 Å². The second-order valence-electron chi connectivity index (χ2n) is 5.14. The average molecular weight is 312 g/mol. The molecule has 118 valence electrons. The van der Waals surface area contributed by atoms with Crippen LogP contribution in [0.1, 0.15) is 19.8 Å². The fourth-order valence-corrected chi connectivity index (χ4v) is 4.23. The lowest BCUT2D eigenvalue weighted by molar-refractivity contribution is 0.158. The molecule has 0 atom stereocenters. The van der Waals surface area contributed by atoms with E-state index in [1.165, 1.54) is 0 Å². The van der Waals surface area contributed by atoms with Crippen molar-refractivity contribution in [3.63, 3.8) is 0 Å². The van der Waals surface area contributed by atoms with Gasteiger partial charge in [-0.15, -0.1) is 0 Å². The van der Waals surface area contributed by atoms with Crippen molar-refractivity contribution in [2.75, 3.05) is 38.2 Å². The molecular formula is C15H24N2O3S. The van der Waals surface area contributed by atoms with E-state index in [0.717, 1.165) is 18.8 Å². The number of piperidine rings is 1. The first-order chi connectivity index (χ1) is 10.1. The van der Waals surface area contributed by atoms with Crippen LogP contribution in [0, 0.1) is 0 Å². The van der Waals surface area contributed by atoms with Crippen LogP contribution in [0.15, 0.2) is 29.2 Å². The van der Waals surface area contributed by atoms with E-state index in [1.54, 1.807) is 12.1 Å². The number of anilines is 1. The summed E-state index contributed by atoms with van der Waals surface area (Å²) < 4.78 is 30.3. The smallest absolute Gasteiger partial charge is 0.181 e.